The van der Waals surface area contributed by atoms with Crippen molar-refractivity contribution in [3.63, 3.8) is 0 Å². The average molecular weight is 267 g/mol. The van der Waals surface area contributed by atoms with Crippen LogP contribution in [0.25, 0.3) is 0 Å². The first-order valence-corrected chi connectivity index (χ1v) is 6.72. The van der Waals surface area contributed by atoms with E-state index >= 15 is 0 Å². The molecular formula is C11H13N3O3S. The van der Waals surface area contributed by atoms with E-state index in [1.165, 1.54) is 12.3 Å². The number of hydrogen-bond donors (Lipinski definition) is 2. The number of hydrogen-bond acceptors (Lipinski definition) is 4. The number of ether oxygens (including phenoxy) is 1. The SMILES string of the molecule is COc1ccc(CNS(=O)(=O)c2ccn[nH]2)cc1. The summed E-state index contributed by atoms with van der Waals surface area (Å²) in [6, 6.07) is 8.55. The second-order valence-electron chi connectivity index (χ2n) is 3.59. The summed E-state index contributed by atoms with van der Waals surface area (Å²) in [4.78, 5) is 0. The number of H-pyrrole nitrogens is 1. The Bertz CT molecular complexity index is 591. The Kier molecular flexibility index (Phi) is 3.63. The van der Waals surface area contributed by atoms with Gasteiger partial charge in [0.2, 0.25) is 0 Å². The Morgan fingerprint density at radius 1 is 1.28 bits per heavy atom. The highest BCUT2D eigenvalue weighted by Crippen LogP contribution is 2.12. The molecule has 0 bridgehead atoms. The van der Waals surface area contributed by atoms with Crippen molar-refractivity contribution in [3.8, 4) is 5.75 Å². The number of nitrogens with zero attached hydrogens (tertiary/aromatic N) is 1. The van der Waals surface area contributed by atoms with Gasteiger partial charge in [-0.1, -0.05) is 12.1 Å². The summed E-state index contributed by atoms with van der Waals surface area (Å²) in [6.07, 6.45) is 1.39. The van der Waals surface area contributed by atoms with Crippen molar-refractivity contribution in [2.45, 2.75) is 11.6 Å². The number of methoxy groups -OCH3 is 1. The number of benzene rings is 1. The Balaban J connectivity index is 2.03. The minimum atomic E-state index is -3.53. The fourth-order valence-corrected chi connectivity index (χ4v) is 2.32. The van der Waals surface area contributed by atoms with E-state index in [-0.39, 0.29) is 11.6 Å². The van der Waals surface area contributed by atoms with Crippen molar-refractivity contribution >= 4 is 10.0 Å². The smallest absolute Gasteiger partial charge is 0.257 e. The Hall–Kier alpha value is -1.86. The molecule has 0 amide bonds. The lowest BCUT2D eigenvalue weighted by atomic mass is 10.2. The molecule has 2 N–H and O–H groups in total. The fraction of sp³-hybridized carbons (Fsp3) is 0.182. The van der Waals surface area contributed by atoms with Gasteiger partial charge in [-0.05, 0) is 23.8 Å². The second-order valence-corrected chi connectivity index (χ2v) is 5.33. The molecule has 1 heterocycles. The third kappa shape index (κ3) is 2.88. The van der Waals surface area contributed by atoms with Gasteiger partial charge in [0.15, 0.2) is 5.03 Å². The molecule has 18 heavy (non-hydrogen) atoms. The topological polar surface area (TPSA) is 84.1 Å². The van der Waals surface area contributed by atoms with E-state index in [4.69, 9.17) is 4.74 Å². The van der Waals surface area contributed by atoms with Crippen LogP contribution in [0.2, 0.25) is 0 Å². The van der Waals surface area contributed by atoms with Crippen LogP contribution in [0, 0.1) is 0 Å². The van der Waals surface area contributed by atoms with Gasteiger partial charge in [-0.25, -0.2) is 13.1 Å². The predicted molar refractivity (Wildman–Crippen MR) is 65.6 cm³/mol. The molecule has 0 saturated carbocycles. The van der Waals surface area contributed by atoms with Gasteiger partial charge in [0.05, 0.1) is 13.3 Å². The molecule has 0 saturated heterocycles. The first kappa shape index (κ1) is 12.6. The molecule has 7 heteroatoms. The molecule has 6 nitrogen and oxygen atoms in total. The van der Waals surface area contributed by atoms with Gasteiger partial charge >= 0.3 is 0 Å². The Labute approximate surface area is 105 Å². The number of nitrogens with one attached hydrogen (secondary N) is 2. The van der Waals surface area contributed by atoms with Gasteiger partial charge in [0.25, 0.3) is 10.0 Å². The van der Waals surface area contributed by atoms with Gasteiger partial charge in [-0.3, -0.25) is 5.10 Å². The van der Waals surface area contributed by atoms with Gasteiger partial charge in [0.1, 0.15) is 5.75 Å². The van der Waals surface area contributed by atoms with Crippen LogP contribution in [-0.2, 0) is 16.6 Å². The largest absolute Gasteiger partial charge is 0.497 e. The molecule has 0 radical (unpaired) electrons. The van der Waals surface area contributed by atoms with E-state index < -0.39 is 10.0 Å². The third-order valence-corrected chi connectivity index (χ3v) is 3.72. The zero-order valence-electron chi connectivity index (χ0n) is 9.75. The molecule has 1 aromatic heterocycles. The molecule has 0 aliphatic rings. The predicted octanol–water partition coefficient (Wildman–Crippen LogP) is 0.897. The molecule has 2 aromatic rings. The van der Waals surface area contributed by atoms with Crippen molar-refractivity contribution in [2.75, 3.05) is 7.11 Å². The maximum Gasteiger partial charge on any atom is 0.257 e. The van der Waals surface area contributed by atoms with E-state index in [1.54, 1.807) is 31.4 Å². The molecule has 96 valence electrons. The van der Waals surface area contributed by atoms with Gasteiger partial charge in [0, 0.05) is 6.54 Å². The minimum absolute atomic E-state index is 0.0519. The maximum absolute atomic E-state index is 11.8. The van der Waals surface area contributed by atoms with Crippen LogP contribution in [0.5, 0.6) is 5.75 Å². The fourth-order valence-electron chi connectivity index (χ4n) is 1.39. The molecule has 0 unspecified atom stereocenters. The van der Waals surface area contributed by atoms with Crippen LogP contribution in [-0.4, -0.2) is 25.7 Å². The van der Waals surface area contributed by atoms with Gasteiger partial charge < -0.3 is 4.74 Å². The Morgan fingerprint density at radius 3 is 2.56 bits per heavy atom. The minimum Gasteiger partial charge on any atom is -0.497 e. The van der Waals surface area contributed by atoms with Crippen molar-refractivity contribution in [1.29, 1.82) is 0 Å². The van der Waals surface area contributed by atoms with Crippen molar-refractivity contribution < 1.29 is 13.2 Å². The third-order valence-electron chi connectivity index (χ3n) is 2.39. The number of rotatable bonds is 5. The summed E-state index contributed by atoms with van der Waals surface area (Å²) in [5.74, 6) is 0.732. The van der Waals surface area contributed by atoms with Crippen molar-refractivity contribution in [3.05, 3.63) is 42.1 Å². The summed E-state index contributed by atoms with van der Waals surface area (Å²) in [6.45, 7) is 0.214. The quantitative estimate of drug-likeness (QED) is 0.843. The highest BCUT2D eigenvalue weighted by atomic mass is 32.2. The molecular weight excluding hydrogens is 254 g/mol. The van der Waals surface area contributed by atoms with Crippen LogP contribution in [0.1, 0.15) is 5.56 Å². The van der Waals surface area contributed by atoms with Crippen LogP contribution in [0.4, 0.5) is 0 Å². The number of sulfonamides is 1. The summed E-state index contributed by atoms with van der Waals surface area (Å²) < 4.78 is 31.1. The lowest BCUT2D eigenvalue weighted by molar-refractivity contribution is 0.414. The van der Waals surface area contributed by atoms with Gasteiger partial charge in [-0.2, -0.15) is 5.10 Å². The molecule has 0 atom stereocenters. The second kappa shape index (κ2) is 5.19. The number of aromatic nitrogens is 2. The lowest BCUT2D eigenvalue weighted by Gasteiger charge is -2.05. The van der Waals surface area contributed by atoms with Crippen molar-refractivity contribution in [1.82, 2.24) is 14.9 Å². The molecule has 0 spiro atoms. The van der Waals surface area contributed by atoms with Gasteiger partial charge in [-0.15, -0.1) is 0 Å². The number of aromatic amines is 1. The normalized spacial score (nSPS) is 11.4. The first-order chi connectivity index (χ1) is 8.62. The van der Waals surface area contributed by atoms with E-state index in [0.717, 1.165) is 11.3 Å². The van der Waals surface area contributed by atoms with E-state index in [1.807, 2.05) is 0 Å². The van der Waals surface area contributed by atoms with Crippen LogP contribution >= 0.6 is 0 Å². The summed E-state index contributed by atoms with van der Waals surface area (Å²) in [7, 11) is -1.95. The first-order valence-electron chi connectivity index (χ1n) is 5.24. The molecule has 0 fully saturated rings. The van der Waals surface area contributed by atoms with Crippen LogP contribution < -0.4 is 9.46 Å². The average Bonchev–Trinajstić information content (AvgIpc) is 2.92. The molecule has 0 aliphatic heterocycles. The molecule has 1 aromatic carbocycles. The van der Waals surface area contributed by atoms with Crippen LogP contribution in [0.3, 0.4) is 0 Å². The van der Waals surface area contributed by atoms with E-state index in [0.29, 0.717) is 0 Å². The van der Waals surface area contributed by atoms with E-state index in [9.17, 15) is 8.42 Å². The summed E-state index contributed by atoms with van der Waals surface area (Å²) >= 11 is 0. The van der Waals surface area contributed by atoms with Crippen molar-refractivity contribution in [2.24, 2.45) is 0 Å². The highest BCUT2D eigenvalue weighted by molar-refractivity contribution is 7.89. The molecule has 2 rings (SSSR count). The maximum atomic E-state index is 11.8. The molecule has 0 aliphatic carbocycles. The zero-order chi connectivity index (χ0) is 13.0. The highest BCUT2D eigenvalue weighted by Gasteiger charge is 2.14. The summed E-state index contributed by atoms with van der Waals surface area (Å²) in [5.41, 5.74) is 0.846. The standard InChI is InChI=1S/C11H13N3O3S/c1-17-10-4-2-9(3-5-10)8-13-18(15,16)11-6-7-12-14-11/h2-7,13H,8H2,1H3,(H,12,14). The van der Waals surface area contributed by atoms with Crippen LogP contribution in [0.15, 0.2) is 41.6 Å². The summed E-state index contributed by atoms with van der Waals surface area (Å²) in [5, 5.41) is 6.07. The lowest BCUT2D eigenvalue weighted by Crippen LogP contribution is -2.23. The Morgan fingerprint density at radius 2 is 2.00 bits per heavy atom. The van der Waals surface area contributed by atoms with E-state index in [2.05, 4.69) is 14.9 Å². The monoisotopic (exact) mass is 267 g/mol. The zero-order valence-corrected chi connectivity index (χ0v) is 10.6.